The maximum absolute atomic E-state index is 9.90. The molecule has 4 heteroatoms. The molecular weight excluding hydrogens is 288 g/mol. The molecule has 1 aromatic heterocycles. The largest absolute Gasteiger partial charge is 0.399 e. The first kappa shape index (κ1) is 14.1. The van der Waals surface area contributed by atoms with Gasteiger partial charge in [-0.2, -0.15) is 0 Å². The van der Waals surface area contributed by atoms with E-state index in [1.54, 1.807) is 0 Å². The number of nitrogens with zero attached hydrogens (tertiary/aromatic N) is 1. The summed E-state index contributed by atoms with van der Waals surface area (Å²) in [7, 11) is 0. The van der Waals surface area contributed by atoms with Crippen molar-refractivity contribution in [3.05, 3.63) is 70.9 Å². The topological polar surface area (TPSA) is 71.4 Å². The number of hydrogen-bond donors (Lipinski definition) is 3. The van der Waals surface area contributed by atoms with E-state index in [-0.39, 0.29) is 13.2 Å². The number of rotatable bonds is 3. The average molecular weight is 306 g/mol. The van der Waals surface area contributed by atoms with Crippen molar-refractivity contribution in [3.8, 4) is 16.9 Å². The Kier molecular flexibility index (Phi) is 3.22. The van der Waals surface area contributed by atoms with Gasteiger partial charge in [0.1, 0.15) is 0 Å². The minimum Gasteiger partial charge on any atom is -0.399 e. The van der Waals surface area contributed by atoms with Gasteiger partial charge in [-0.15, -0.1) is 0 Å². The molecule has 0 radical (unpaired) electrons. The standard InChI is InChI=1S/C19H18N2O2/c20-14-7-5-12(6-8-14)19-16(11-23)15(10-22)18-9-13-3-1-2-4-17(13)21(18)19/h1-8,22-23H,9-11,20H2. The van der Waals surface area contributed by atoms with Crippen molar-refractivity contribution in [2.75, 3.05) is 5.73 Å². The van der Waals surface area contributed by atoms with Gasteiger partial charge in [0.05, 0.1) is 18.9 Å². The molecule has 4 rings (SSSR count). The van der Waals surface area contributed by atoms with Gasteiger partial charge in [0.2, 0.25) is 0 Å². The summed E-state index contributed by atoms with van der Waals surface area (Å²) in [6.07, 6.45) is 0.772. The molecular formula is C19H18N2O2. The van der Waals surface area contributed by atoms with Crippen LogP contribution >= 0.6 is 0 Å². The van der Waals surface area contributed by atoms with Crippen molar-refractivity contribution in [1.29, 1.82) is 0 Å². The van der Waals surface area contributed by atoms with Crippen molar-refractivity contribution < 1.29 is 10.2 Å². The number of nitrogens with two attached hydrogens (primary N) is 1. The number of anilines is 1. The number of aliphatic hydroxyl groups excluding tert-OH is 2. The second-order valence-electron chi connectivity index (χ2n) is 5.83. The summed E-state index contributed by atoms with van der Waals surface area (Å²) in [5.41, 5.74) is 13.5. The fraction of sp³-hybridized carbons (Fsp3) is 0.158. The number of benzene rings is 2. The third kappa shape index (κ3) is 2.00. The highest BCUT2D eigenvalue weighted by atomic mass is 16.3. The molecule has 2 aromatic carbocycles. The lowest BCUT2D eigenvalue weighted by atomic mass is 10.0. The second kappa shape index (κ2) is 5.26. The SMILES string of the molecule is Nc1ccc(-c2c(CO)c(CO)c3n2-c2ccccc2C3)cc1. The zero-order valence-corrected chi connectivity index (χ0v) is 12.7. The summed E-state index contributed by atoms with van der Waals surface area (Å²) < 4.78 is 2.16. The van der Waals surface area contributed by atoms with E-state index in [0.717, 1.165) is 40.2 Å². The molecule has 0 saturated carbocycles. The molecule has 0 saturated heterocycles. The number of para-hydroxylation sites is 1. The number of nitrogen functional groups attached to an aromatic ring is 1. The van der Waals surface area contributed by atoms with Crippen molar-refractivity contribution in [3.63, 3.8) is 0 Å². The monoisotopic (exact) mass is 306 g/mol. The van der Waals surface area contributed by atoms with Crippen LogP contribution in [-0.2, 0) is 19.6 Å². The van der Waals surface area contributed by atoms with E-state index in [1.165, 1.54) is 5.56 Å². The van der Waals surface area contributed by atoms with Crippen LogP contribution in [-0.4, -0.2) is 14.8 Å². The molecule has 0 bridgehead atoms. The van der Waals surface area contributed by atoms with Gasteiger partial charge < -0.3 is 20.5 Å². The van der Waals surface area contributed by atoms with Crippen molar-refractivity contribution >= 4 is 5.69 Å². The van der Waals surface area contributed by atoms with Crippen molar-refractivity contribution in [2.24, 2.45) is 0 Å². The molecule has 116 valence electrons. The molecule has 4 N–H and O–H groups in total. The maximum Gasteiger partial charge on any atom is 0.0706 e. The molecule has 3 aromatic rings. The summed E-state index contributed by atoms with van der Waals surface area (Å²) in [6.45, 7) is -0.175. The van der Waals surface area contributed by atoms with Crippen LogP contribution in [0.4, 0.5) is 5.69 Å². The molecule has 2 heterocycles. The highest BCUT2D eigenvalue weighted by Crippen LogP contribution is 2.41. The molecule has 0 spiro atoms. The average Bonchev–Trinajstić information content (AvgIpc) is 3.09. The molecule has 0 aliphatic carbocycles. The van der Waals surface area contributed by atoms with Gasteiger partial charge in [-0.3, -0.25) is 0 Å². The van der Waals surface area contributed by atoms with Gasteiger partial charge >= 0.3 is 0 Å². The zero-order chi connectivity index (χ0) is 16.0. The Balaban J connectivity index is 2.04. The quantitative estimate of drug-likeness (QED) is 0.510. The Hall–Kier alpha value is -2.56. The van der Waals surface area contributed by atoms with Crippen LogP contribution in [0, 0.1) is 0 Å². The summed E-state index contributed by atoms with van der Waals surface area (Å²) in [4.78, 5) is 0. The van der Waals surface area contributed by atoms with Crippen LogP contribution in [0.2, 0.25) is 0 Å². The molecule has 0 unspecified atom stereocenters. The third-order valence-electron chi connectivity index (χ3n) is 4.58. The zero-order valence-electron chi connectivity index (χ0n) is 12.7. The first-order valence-electron chi connectivity index (χ1n) is 7.65. The number of hydrogen-bond acceptors (Lipinski definition) is 3. The minimum atomic E-state index is -0.0994. The Morgan fingerprint density at radius 1 is 0.913 bits per heavy atom. The lowest BCUT2D eigenvalue weighted by Gasteiger charge is -2.11. The van der Waals surface area contributed by atoms with Crippen LogP contribution in [0.15, 0.2) is 48.5 Å². The van der Waals surface area contributed by atoms with Gasteiger partial charge in [0, 0.05) is 34.6 Å². The van der Waals surface area contributed by atoms with Crippen molar-refractivity contribution in [2.45, 2.75) is 19.6 Å². The summed E-state index contributed by atoms with van der Waals surface area (Å²) in [5.74, 6) is 0. The Labute approximate surface area is 134 Å². The smallest absolute Gasteiger partial charge is 0.0706 e. The third-order valence-corrected chi connectivity index (χ3v) is 4.58. The van der Waals surface area contributed by atoms with Crippen LogP contribution in [0.1, 0.15) is 22.4 Å². The lowest BCUT2D eigenvalue weighted by Crippen LogP contribution is -1.98. The molecule has 0 amide bonds. The number of fused-ring (bicyclic) bond motifs is 3. The lowest BCUT2D eigenvalue weighted by molar-refractivity contribution is 0.260. The van der Waals surface area contributed by atoms with E-state index in [4.69, 9.17) is 5.73 Å². The van der Waals surface area contributed by atoms with Gasteiger partial charge in [-0.25, -0.2) is 0 Å². The van der Waals surface area contributed by atoms with E-state index < -0.39 is 0 Å². The van der Waals surface area contributed by atoms with E-state index in [2.05, 4.69) is 16.7 Å². The Morgan fingerprint density at radius 3 is 2.30 bits per heavy atom. The predicted octanol–water partition coefficient (Wildman–Crippen LogP) is 2.62. The van der Waals surface area contributed by atoms with E-state index >= 15 is 0 Å². The molecule has 4 nitrogen and oxygen atoms in total. The first-order valence-corrected chi connectivity index (χ1v) is 7.65. The fourth-order valence-electron chi connectivity index (χ4n) is 3.53. The fourth-order valence-corrected chi connectivity index (χ4v) is 3.53. The van der Waals surface area contributed by atoms with Gasteiger partial charge in [-0.1, -0.05) is 30.3 Å². The highest BCUT2D eigenvalue weighted by molar-refractivity contribution is 5.74. The van der Waals surface area contributed by atoms with E-state index in [9.17, 15) is 10.2 Å². The Bertz CT molecular complexity index is 879. The van der Waals surface area contributed by atoms with E-state index in [1.807, 2.05) is 36.4 Å². The van der Waals surface area contributed by atoms with Crippen molar-refractivity contribution in [1.82, 2.24) is 4.57 Å². The summed E-state index contributed by atoms with van der Waals surface area (Å²) in [6, 6.07) is 15.9. The minimum absolute atomic E-state index is 0.0752. The van der Waals surface area contributed by atoms with Gasteiger partial charge in [-0.05, 0) is 29.3 Å². The maximum atomic E-state index is 9.90. The van der Waals surface area contributed by atoms with Crippen LogP contribution in [0.25, 0.3) is 16.9 Å². The van der Waals surface area contributed by atoms with Crippen LogP contribution in [0.5, 0.6) is 0 Å². The van der Waals surface area contributed by atoms with Crippen LogP contribution < -0.4 is 5.73 Å². The van der Waals surface area contributed by atoms with Gasteiger partial charge in [0.25, 0.3) is 0 Å². The summed E-state index contributed by atoms with van der Waals surface area (Å²) in [5, 5.41) is 19.8. The van der Waals surface area contributed by atoms with Crippen LogP contribution in [0.3, 0.4) is 0 Å². The number of aromatic nitrogens is 1. The molecule has 1 aliphatic rings. The molecule has 23 heavy (non-hydrogen) atoms. The summed E-state index contributed by atoms with van der Waals surface area (Å²) >= 11 is 0. The molecule has 0 fully saturated rings. The van der Waals surface area contributed by atoms with E-state index in [0.29, 0.717) is 5.69 Å². The number of aliphatic hydroxyl groups is 2. The normalized spacial score (nSPS) is 12.3. The Morgan fingerprint density at radius 2 is 1.61 bits per heavy atom. The van der Waals surface area contributed by atoms with Gasteiger partial charge in [0.15, 0.2) is 0 Å². The molecule has 0 atom stereocenters. The predicted molar refractivity (Wildman–Crippen MR) is 90.3 cm³/mol. The second-order valence-corrected chi connectivity index (χ2v) is 5.83. The first-order chi connectivity index (χ1) is 11.2. The highest BCUT2D eigenvalue weighted by Gasteiger charge is 2.29. The molecule has 1 aliphatic heterocycles.